The molecule has 4 aromatic rings. The smallest absolute Gasteiger partial charge is 0.174 e. The molecule has 0 radical (unpaired) electrons. The maximum absolute atomic E-state index is 5.83. The van der Waals surface area contributed by atoms with Gasteiger partial charge in [-0.3, -0.25) is 9.97 Å². The van der Waals surface area contributed by atoms with Crippen molar-refractivity contribution in [2.75, 3.05) is 4.90 Å². The number of rotatable bonds is 4. The van der Waals surface area contributed by atoms with Crippen LogP contribution in [0, 0.1) is 6.92 Å². The Morgan fingerprint density at radius 1 is 0.935 bits per heavy atom. The zero-order valence-electron chi connectivity index (χ0n) is 16.8. The largest absolute Gasteiger partial charge is 0.351 e. The Balaban J connectivity index is 1.70. The van der Waals surface area contributed by atoms with Crippen LogP contribution in [0.25, 0.3) is 5.69 Å². The lowest BCUT2D eigenvalue weighted by Gasteiger charge is -2.29. The SMILES string of the molecule is Cc1ccc([C@@H]2[C@H](c3ccccn3)NC(=S)N2c2ccc(Br)cc2)n1-c1cccnc1. The Bertz CT molecular complexity index is 1210. The third-order valence-corrected chi connectivity index (χ3v) is 6.36. The minimum absolute atomic E-state index is 0.0857. The second kappa shape index (κ2) is 8.24. The summed E-state index contributed by atoms with van der Waals surface area (Å²) >= 11 is 9.37. The first-order valence-electron chi connectivity index (χ1n) is 9.98. The summed E-state index contributed by atoms with van der Waals surface area (Å²) in [6.45, 7) is 2.11. The Kier molecular flexibility index (Phi) is 5.29. The number of pyridine rings is 2. The van der Waals surface area contributed by atoms with Crippen molar-refractivity contribution in [3.8, 4) is 5.69 Å². The zero-order valence-corrected chi connectivity index (χ0v) is 19.2. The fourth-order valence-electron chi connectivity index (χ4n) is 4.16. The van der Waals surface area contributed by atoms with Crippen molar-refractivity contribution < 1.29 is 0 Å². The standard InChI is InChI=1S/C24H20BrN5S/c1-16-7-12-21(29(16)19-5-4-13-26-15-19)23-22(20-6-2-3-14-27-20)28-24(31)30(23)18-10-8-17(25)9-11-18/h2-15,22-23H,1H3,(H,28,31)/t22-,23+/m0/s1. The molecule has 1 fully saturated rings. The van der Waals surface area contributed by atoms with Crippen LogP contribution < -0.4 is 10.2 Å². The maximum atomic E-state index is 5.83. The second-order valence-corrected chi connectivity index (χ2v) is 8.72. The highest BCUT2D eigenvalue weighted by Crippen LogP contribution is 2.42. The predicted octanol–water partition coefficient (Wildman–Crippen LogP) is 5.52. The van der Waals surface area contributed by atoms with Gasteiger partial charge in [0.1, 0.15) is 6.04 Å². The molecule has 1 aliphatic rings. The van der Waals surface area contributed by atoms with Gasteiger partial charge >= 0.3 is 0 Å². The average molecular weight is 490 g/mol. The lowest BCUT2D eigenvalue weighted by atomic mass is 10.0. The molecule has 4 heterocycles. The molecule has 0 bridgehead atoms. The lowest BCUT2D eigenvalue weighted by molar-refractivity contribution is 0.548. The van der Waals surface area contributed by atoms with E-state index in [0.717, 1.165) is 32.9 Å². The van der Waals surface area contributed by atoms with E-state index in [0.29, 0.717) is 5.11 Å². The van der Waals surface area contributed by atoms with Gasteiger partial charge in [0.15, 0.2) is 5.11 Å². The fraction of sp³-hybridized carbons (Fsp3) is 0.125. The van der Waals surface area contributed by atoms with Crippen LogP contribution in [-0.2, 0) is 0 Å². The first-order valence-corrected chi connectivity index (χ1v) is 11.2. The van der Waals surface area contributed by atoms with Gasteiger partial charge < -0.3 is 14.8 Å². The van der Waals surface area contributed by atoms with E-state index >= 15 is 0 Å². The average Bonchev–Trinajstić information content (AvgIpc) is 3.35. The molecule has 2 atom stereocenters. The number of halogens is 1. The van der Waals surface area contributed by atoms with Gasteiger partial charge in [-0.05, 0) is 79.8 Å². The van der Waals surface area contributed by atoms with E-state index in [-0.39, 0.29) is 12.1 Å². The molecule has 0 unspecified atom stereocenters. The third-order valence-electron chi connectivity index (χ3n) is 5.52. The van der Waals surface area contributed by atoms with Gasteiger partial charge in [-0.25, -0.2) is 0 Å². The molecule has 0 aliphatic carbocycles. The van der Waals surface area contributed by atoms with Gasteiger partial charge in [0.2, 0.25) is 0 Å². The summed E-state index contributed by atoms with van der Waals surface area (Å²) in [7, 11) is 0. The highest BCUT2D eigenvalue weighted by atomic mass is 79.9. The van der Waals surface area contributed by atoms with Gasteiger partial charge in [-0.15, -0.1) is 0 Å². The quantitative estimate of drug-likeness (QED) is 0.382. The van der Waals surface area contributed by atoms with Crippen molar-refractivity contribution >= 4 is 38.9 Å². The molecule has 0 amide bonds. The van der Waals surface area contributed by atoms with E-state index in [1.54, 1.807) is 6.20 Å². The van der Waals surface area contributed by atoms with Crippen molar-refractivity contribution in [2.45, 2.75) is 19.0 Å². The van der Waals surface area contributed by atoms with E-state index in [2.05, 4.69) is 77.9 Å². The molecule has 31 heavy (non-hydrogen) atoms. The number of hydrogen-bond acceptors (Lipinski definition) is 3. The summed E-state index contributed by atoms with van der Waals surface area (Å²) < 4.78 is 3.27. The Morgan fingerprint density at radius 3 is 2.48 bits per heavy atom. The summed E-state index contributed by atoms with van der Waals surface area (Å²) in [6.07, 6.45) is 5.50. The first kappa shape index (κ1) is 19.9. The minimum atomic E-state index is -0.0953. The number of anilines is 1. The van der Waals surface area contributed by atoms with Gasteiger partial charge in [0.25, 0.3) is 0 Å². The topological polar surface area (TPSA) is 46.0 Å². The van der Waals surface area contributed by atoms with Crippen molar-refractivity contribution in [3.63, 3.8) is 0 Å². The van der Waals surface area contributed by atoms with E-state index in [4.69, 9.17) is 12.2 Å². The third kappa shape index (κ3) is 3.64. The van der Waals surface area contributed by atoms with Gasteiger partial charge in [-0.2, -0.15) is 0 Å². The molecule has 7 heteroatoms. The van der Waals surface area contributed by atoms with E-state index in [1.807, 2.05) is 48.8 Å². The van der Waals surface area contributed by atoms with Crippen molar-refractivity contribution in [1.29, 1.82) is 0 Å². The Morgan fingerprint density at radius 2 is 1.77 bits per heavy atom. The van der Waals surface area contributed by atoms with Crippen molar-refractivity contribution in [2.24, 2.45) is 0 Å². The number of nitrogens with zero attached hydrogens (tertiary/aromatic N) is 4. The van der Waals surface area contributed by atoms with E-state index < -0.39 is 0 Å². The molecule has 1 aliphatic heterocycles. The predicted molar refractivity (Wildman–Crippen MR) is 130 cm³/mol. The van der Waals surface area contributed by atoms with E-state index in [1.165, 1.54) is 0 Å². The molecule has 0 saturated carbocycles. The summed E-state index contributed by atoms with van der Waals surface area (Å²) in [5.74, 6) is 0. The van der Waals surface area contributed by atoms with Crippen molar-refractivity contribution in [1.82, 2.24) is 19.9 Å². The van der Waals surface area contributed by atoms with Gasteiger partial charge in [0, 0.05) is 33.9 Å². The molecule has 1 N–H and O–H groups in total. The monoisotopic (exact) mass is 489 g/mol. The lowest BCUT2D eigenvalue weighted by Crippen LogP contribution is -2.30. The Labute approximate surface area is 194 Å². The first-order chi connectivity index (χ1) is 15.1. The molecule has 0 spiro atoms. The number of nitrogens with one attached hydrogen (secondary N) is 1. The Hall–Kier alpha value is -3.03. The van der Waals surface area contributed by atoms with Gasteiger partial charge in [-0.1, -0.05) is 22.0 Å². The highest BCUT2D eigenvalue weighted by molar-refractivity contribution is 9.10. The normalized spacial score (nSPS) is 18.3. The molecule has 1 aromatic carbocycles. The van der Waals surface area contributed by atoms with Crippen LogP contribution in [0.3, 0.4) is 0 Å². The number of aryl methyl sites for hydroxylation is 1. The molecule has 1 saturated heterocycles. The van der Waals surface area contributed by atoms with Crippen LogP contribution in [0.1, 0.15) is 29.2 Å². The molecular weight excluding hydrogens is 470 g/mol. The molecule has 5 nitrogen and oxygen atoms in total. The molecule has 154 valence electrons. The molecule has 3 aromatic heterocycles. The minimum Gasteiger partial charge on any atom is -0.351 e. The number of thiocarbonyl (C=S) groups is 1. The zero-order chi connectivity index (χ0) is 21.4. The van der Waals surface area contributed by atoms with Crippen LogP contribution in [0.15, 0.2) is 89.8 Å². The van der Waals surface area contributed by atoms with Crippen LogP contribution in [0.2, 0.25) is 0 Å². The summed E-state index contributed by atoms with van der Waals surface area (Å²) in [5.41, 5.74) is 5.26. The number of benzene rings is 1. The fourth-order valence-corrected chi connectivity index (χ4v) is 4.77. The highest BCUT2D eigenvalue weighted by Gasteiger charge is 2.42. The van der Waals surface area contributed by atoms with Crippen LogP contribution in [0.4, 0.5) is 5.69 Å². The maximum Gasteiger partial charge on any atom is 0.174 e. The summed E-state index contributed by atoms with van der Waals surface area (Å²) in [4.78, 5) is 11.2. The van der Waals surface area contributed by atoms with E-state index in [9.17, 15) is 0 Å². The number of hydrogen-bond donors (Lipinski definition) is 1. The van der Waals surface area contributed by atoms with Crippen LogP contribution in [0.5, 0.6) is 0 Å². The molecular formula is C24H20BrN5S. The van der Waals surface area contributed by atoms with Crippen molar-refractivity contribution in [3.05, 3.63) is 107 Å². The summed E-state index contributed by atoms with van der Waals surface area (Å²) in [5, 5.41) is 4.20. The second-order valence-electron chi connectivity index (χ2n) is 7.42. The van der Waals surface area contributed by atoms with Crippen LogP contribution >= 0.6 is 28.1 Å². The van der Waals surface area contributed by atoms with Gasteiger partial charge in [0.05, 0.1) is 23.6 Å². The number of aromatic nitrogens is 3. The summed E-state index contributed by atoms with van der Waals surface area (Å²) in [6, 6.07) is 22.4. The van der Waals surface area contributed by atoms with Crippen LogP contribution in [-0.4, -0.2) is 19.6 Å². The molecule has 5 rings (SSSR count).